The Hall–Kier alpha value is -3.08. The second-order valence-corrected chi connectivity index (χ2v) is 5.69. The van der Waals surface area contributed by atoms with E-state index < -0.39 is 11.7 Å². The maximum Gasteiger partial charge on any atom is 0.417 e. The smallest absolute Gasteiger partial charge is 0.417 e. The van der Waals surface area contributed by atoms with Crippen molar-refractivity contribution < 1.29 is 22.7 Å². The summed E-state index contributed by atoms with van der Waals surface area (Å²) in [6.07, 6.45) is -4.39. The summed E-state index contributed by atoms with van der Waals surface area (Å²) in [5.74, 6) is 0.475. The predicted molar refractivity (Wildman–Crippen MR) is 93.0 cm³/mol. The van der Waals surface area contributed by atoms with E-state index in [9.17, 15) is 18.0 Å². The minimum Gasteiger partial charge on any atom is -0.488 e. The summed E-state index contributed by atoms with van der Waals surface area (Å²) in [5, 5.41) is 0. The van der Waals surface area contributed by atoms with Gasteiger partial charge in [-0.3, -0.25) is 4.79 Å². The van der Waals surface area contributed by atoms with E-state index in [0.717, 1.165) is 11.6 Å². The molecule has 26 heavy (non-hydrogen) atoms. The highest BCUT2D eigenvalue weighted by Gasteiger charge is 2.33. The highest BCUT2D eigenvalue weighted by molar-refractivity contribution is 5.81. The Balaban J connectivity index is 1.96. The number of hydrogen-bond donors (Lipinski definition) is 0. The van der Waals surface area contributed by atoms with Gasteiger partial charge in [0.05, 0.1) is 5.56 Å². The molecule has 5 heteroatoms. The number of hydrogen-bond acceptors (Lipinski definition) is 2. The van der Waals surface area contributed by atoms with E-state index in [-0.39, 0.29) is 11.8 Å². The fraction of sp³-hybridized carbons (Fsp3) is 0.0952. The maximum absolute atomic E-state index is 13.2. The van der Waals surface area contributed by atoms with Crippen molar-refractivity contribution in [2.45, 2.75) is 12.8 Å². The molecule has 0 saturated carbocycles. The number of aldehydes is 1. The SMILES string of the molecule is O=Cc1ccc(-c2ccccc2OCc2ccccc2)cc1C(F)(F)F. The quantitative estimate of drug-likeness (QED) is 0.543. The molecule has 3 aromatic rings. The maximum atomic E-state index is 13.2. The van der Waals surface area contributed by atoms with Crippen LogP contribution >= 0.6 is 0 Å². The minimum atomic E-state index is -4.61. The molecule has 0 spiro atoms. The van der Waals surface area contributed by atoms with Gasteiger partial charge >= 0.3 is 6.18 Å². The first-order chi connectivity index (χ1) is 12.5. The summed E-state index contributed by atoms with van der Waals surface area (Å²) >= 11 is 0. The van der Waals surface area contributed by atoms with E-state index in [4.69, 9.17) is 4.74 Å². The van der Waals surface area contributed by atoms with E-state index in [1.165, 1.54) is 12.1 Å². The van der Waals surface area contributed by atoms with Crippen LogP contribution in [0.2, 0.25) is 0 Å². The lowest BCUT2D eigenvalue weighted by Gasteiger charge is -2.15. The number of alkyl halides is 3. The van der Waals surface area contributed by atoms with Gasteiger partial charge in [0.15, 0.2) is 6.29 Å². The van der Waals surface area contributed by atoms with Gasteiger partial charge in [-0.25, -0.2) is 0 Å². The standard InChI is InChI=1S/C21H15F3O2/c22-21(23,24)19-12-16(10-11-17(19)13-25)18-8-4-5-9-20(18)26-14-15-6-2-1-3-7-15/h1-13H,14H2. The highest BCUT2D eigenvalue weighted by Crippen LogP contribution is 2.37. The Kier molecular flexibility index (Phi) is 5.07. The minimum absolute atomic E-state index is 0.213. The molecule has 0 aliphatic heterocycles. The van der Waals surface area contributed by atoms with Crippen molar-refractivity contribution in [3.8, 4) is 16.9 Å². The average molecular weight is 356 g/mol. The first-order valence-corrected chi connectivity index (χ1v) is 7.91. The molecule has 2 nitrogen and oxygen atoms in total. The van der Waals surface area contributed by atoms with Gasteiger partial charge in [-0.05, 0) is 23.3 Å². The molecule has 0 fully saturated rings. The van der Waals surface area contributed by atoms with E-state index in [0.29, 0.717) is 23.5 Å². The normalized spacial score (nSPS) is 11.2. The van der Waals surface area contributed by atoms with Gasteiger partial charge in [-0.2, -0.15) is 13.2 Å². The molecule has 0 aliphatic rings. The lowest BCUT2D eigenvalue weighted by Crippen LogP contribution is -2.09. The second-order valence-electron chi connectivity index (χ2n) is 5.69. The van der Waals surface area contributed by atoms with Crippen LogP contribution in [0.3, 0.4) is 0 Å². The molecule has 0 aromatic heterocycles. The van der Waals surface area contributed by atoms with Crippen LogP contribution in [0.15, 0.2) is 72.8 Å². The summed E-state index contributed by atoms with van der Waals surface area (Å²) in [5.41, 5.74) is 0.486. The van der Waals surface area contributed by atoms with Crippen LogP contribution in [-0.4, -0.2) is 6.29 Å². The number of para-hydroxylation sites is 1. The summed E-state index contributed by atoms with van der Waals surface area (Å²) in [4.78, 5) is 10.9. The molecule has 132 valence electrons. The third-order valence-corrected chi connectivity index (χ3v) is 3.92. The van der Waals surface area contributed by atoms with Crippen LogP contribution < -0.4 is 4.74 Å². The monoisotopic (exact) mass is 356 g/mol. The number of benzene rings is 3. The van der Waals surface area contributed by atoms with Crippen molar-refractivity contribution in [3.05, 3.63) is 89.5 Å². The zero-order valence-electron chi connectivity index (χ0n) is 13.7. The number of carbonyl (C=O) groups is 1. The molecule has 0 amide bonds. The molecule has 0 atom stereocenters. The fourth-order valence-corrected chi connectivity index (χ4v) is 2.64. The zero-order valence-corrected chi connectivity index (χ0v) is 13.7. The highest BCUT2D eigenvalue weighted by atomic mass is 19.4. The van der Waals surface area contributed by atoms with Gasteiger partial charge in [-0.15, -0.1) is 0 Å². The predicted octanol–water partition coefficient (Wildman–Crippen LogP) is 5.76. The first kappa shape index (κ1) is 17.7. The topological polar surface area (TPSA) is 26.3 Å². The van der Waals surface area contributed by atoms with Crippen molar-refractivity contribution in [3.63, 3.8) is 0 Å². The van der Waals surface area contributed by atoms with Crippen LogP contribution in [-0.2, 0) is 12.8 Å². The van der Waals surface area contributed by atoms with Gasteiger partial charge in [0.1, 0.15) is 12.4 Å². The van der Waals surface area contributed by atoms with E-state index >= 15 is 0 Å². The van der Waals surface area contributed by atoms with Crippen molar-refractivity contribution in [2.24, 2.45) is 0 Å². The summed E-state index contributed by atoms with van der Waals surface area (Å²) < 4.78 is 45.4. The van der Waals surface area contributed by atoms with E-state index in [1.807, 2.05) is 30.3 Å². The molecule has 3 rings (SSSR count). The third-order valence-electron chi connectivity index (χ3n) is 3.92. The molecule has 3 aromatic carbocycles. The average Bonchev–Trinajstić information content (AvgIpc) is 2.66. The Labute approximate surface area is 148 Å². The Morgan fingerprint density at radius 1 is 0.885 bits per heavy atom. The number of rotatable bonds is 5. The van der Waals surface area contributed by atoms with Crippen molar-refractivity contribution in [1.82, 2.24) is 0 Å². The van der Waals surface area contributed by atoms with Crippen LogP contribution in [0.1, 0.15) is 21.5 Å². The fourth-order valence-electron chi connectivity index (χ4n) is 2.64. The largest absolute Gasteiger partial charge is 0.488 e. The van der Waals surface area contributed by atoms with Gasteiger partial charge in [0.2, 0.25) is 0 Å². The van der Waals surface area contributed by atoms with Crippen LogP contribution in [0.5, 0.6) is 5.75 Å². The zero-order chi connectivity index (χ0) is 18.6. The molecule has 0 N–H and O–H groups in total. The lowest BCUT2D eigenvalue weighted by atomic mass is 9.98. The van der Waals surface area contributed by atoms with Crippen molar-refractivity contribution in [1.29, 1.82) is 0 Å². The summed E-state index contributed by atoms with van der Waals surface area (Å²) in [7, 11) is 0. The molecule has 0 aliphatic carbocycles. The molecule has 0 heterocycles. The number of ether oxygens (including phenoxy) is 1. The van der Waals surface area contributed by atoms with E-state index in [1.54, 1.807) is 24.3 Å². The van der Waals surface area contributed by atoms with Gasteiger partial charge < -0.3 is 4.74 Å². The third kappa shape index (κ3) is 3.94. The molecule has 0 saturated heterocycles. The molecule has 0 radical (unpaired) electrons. The second kappa shape index (κ2) is 7.44. The Morgan fingerprint density at radius 2 is 1.58 bits per heavy atom. The van der Waals surface area contributed by atoms with Crippen molar-refractivity contribution in [2.75, 3.05) is 0 Å². The summed E-state index contributed by atoms with van der Waals surface area (Å²) in [6.45, 7) is 0.302. The Morgan fingerprint density at radius 3 is 2.27 bits per heavy atom. The van der Waals surface area contributed by atoms with Crippen LogP contribution in [0, 0.1) is 0 Å². The van der Waals surface area contributed by atoms with Crippen LogP contribution in [0.25, 0.3) is 11.1 Å². The van der Waals surface area contributed by atoms with E-state index in [2.05, 4.69) is 0 Å². The summed E-state index contributed by atoms with van der Waals surface area (Å²) in [6, 6.07) is 20.0. The molecule has 0 unspecified atom stereocenters. The van der Waals surface area contributed by atoms with Gasteiger partial charge in [0.25, 0.3) is 0 Å². The van der Waals surface area contributed by atoms with Crippen molar-refractivity contribution >= 4 is 6.29 Å². The number of carbonyl (C=O) groups excluding carboxylic acids is 1. The molecule has 0 bridgehead atoms. The number of halogens is 3. The first-order valence-electron chi connectivity index (χ1n) is 7.91. The Bertz CT molecular complexity index is 903. The molecular weight excluding hydrogens is 341 g/mol. The van der Waals surface area contributed by atoms with Gasteiger partial charge in [-0.1, -0.05) is 60.7 Å². The molecular formula is C21H15F3O2. The lowest BCUT2D eigenvalue weighted by molar-refractivity contribution is -0.137. The van der Waals surface area contributed by atoms with Gasteiger partial charge in [0, 0.05) is 11.1 Å². The van der Waals surface area contributed by atoms with Crippen LogP contribution in [0.4, 0.5) is 13.2 Å².